The number of carbonyl (C=O) groups is 2. The highest BCUT2D eigenvalue weighted by Gasteiger charge is 2.20. The Kier molecular flexibility index (Phi) is 5.28. The number of benzene rings is 2. The summed E-state index contributed by atoms with van der Waals surface area (Å²) in [7, 11) is 0. The van der Waals surface area contributed by atoms with Gasteiger partial charge < -0.3 is 11.1 Å². The topological polar surface area (TPSA) is 72.2 Å². The van der Waals surface area contributed by atoms with E-state index in [0.29, 0.717) is 0 Å². The van der Waals surface area contributed by atoms with Gasteiger partial charge >= 0.3 is 0 Å². The Bertz CT molecular complexity index is 791. The van der Waals surface area contributed by atoms with E-state index < -0.39 is 29.5 Å². The molecule has 2 aromatic rings. The summed E-state index contributed by atoms with van der Waals surface area (Å²) in [5.41, 5.74) is 8.27. The van der Waals surface area contributed by atoms with Crippen LogP contribution in [0.25, 0.3) is 0 Å². The summed E-state index contributed by atoms with van der Waals surface area (Å²) < 4.78 is 26.1. The number of hydrogen-bond donors (Lipinski definition) is 2. The summed E-state index contributed by atoms with van der Waals surface area (Å²) in [4.78, 5) is 23.7. The molecule has 0 aliphatic heterocycles. The fraction of sp³-hybridized carbons (Fsp3) is 0.222. The number of nitrogens with two attached hydrogens (primary N) is 1. The summed E-state index contributed by atoms with van der Waals surface area (Å²) in [5, 5.41) is 2.46. The second-order valence-electron chi connectivity index (χ2n) is 5.68. The van der Waals surface area contributed by atoms with Crippen LogP contribution in [-0.2, 0) is 11.2 Å². The van der Waals surface area contributed by atoms with Crippen LogP contribution in [0.15, 0.2) is 36.4 Å². The molecule has 1 atom stereocenters. The van der Waals surface area contributed by atoms with Crippen LogP contribution in [0.2, 0.25) is 0 Å². The van der Waals surface area contributed by atoms with Crippen LogP contribution < -0.4 is 11.1 Å². The van der Waals surface area contributed by atoms with Crippen LogP contribution in [-0.4, -0.2) is 17.9 Å². The van der Waals surface area contributed by atoms with Crippen LogP contribution in [0.1, 0.15) is 27.0 Å². The van der Waals surface area contributed by atoms with Crippen LogP contribution in [0.5, 0.6) is 0 Å². The molecule has 126 valence electrons. The first kappa shape index (κ1) is 17.6. The van der Waals surface area contributed by atoms with Crippen molar-refractivity contribution in [1.29, 1.82) is 0 Å². The Morgan fingerprint density at radius 1 is 1.04 bits per heavy atom. The fourth-order valence-corrected chi connectivity index (χ4v) is 2.27. The lowest BCUT2D eigenvalue weighted by molar-refractivity contribution is -0.119. The van der Waals surface area contributed by atoms with E-state index in [1.54, 1.807) is 0 Å². The summed E-state index contributed by atoms with van der Waals surface area (Å²) in [6.07, 6.45) is 0.214. The zero-order valence-electron chi connectivity index (χ0n) is 13.4. The predicted octanol–water partition coefficient (Wildman–Crippen LogP) is 2.41. The number of carbonyl (C=O) groups excluding carboxylic acids is 2. The lowest BCUT2D eigenvalue weighted by atomic mass is 10.0. The minimum atomic E-state index is -1.13. The molecule has 0 aliphatic rings. The third-order valence-electron chi connectivity index (χ3n) is 3.84. The third-order valence-corrected chi connectivity index (χ3v) is 3.84. The molecule has 0 spiro atoms. The third kappa shape index (κ3) is 4.16. The number of halogens is 2. The molecule has 0 unspecified atom stereocenters. The van der Waals surface area contributed by atoms with E-state index in [-0.39, 0.29) is 12.0 Å². The molecule has 0 aromatic heterocycles. The van der Waals surface area contributed by atoms with Gasteiger partial charge in [0.2, 0.25) is 5.91 Å². The standard InChI is InChI=1S/C18H18F2N2O2/c1-10-3-4-12(7-11(10)2)8-16(17(21)23)22-18(24)13-5-6-14(19)15(20)9-13/h3-7,9,16H,8H2,1-2H3,(H2,21,23)(H,22,24)/t16-/m0/s1. The number of nitrogens with one attached hydrogen (secondary N) is 1. The molecule has 0 aliphatic carbocycles. The molecule has 3 N–H and O–H groups in total. The number of hydrogen-bond acceptors (Lipinski definition) is 2. The Morgan fingerprint density at radius 2 is 1.75 bits per heavy atom. The summed E-state index contributed by atoms with van der Waals surface area (Å²) in [6.45, 7) is 3.91. The molecule has 0 heterocycles. The van der Waals surface area contributed by atoms with Gasteiger partial charge in [0.1, 0.15) is 6.04 Å². The van der Waals surface area contributed by atoms with Crippen LogP contribution in [0.3, 0.4) is 0 Å². The van der Waals surface area contributed by atoms with Crippen molar-refractivity contribution in [2.75, 3.05) is 0 Å². The highest BCUT2D eigenvalue weighted by atomic mass is 19.2. The Hall–Kier alpha value is -2.76. The van der Waals surface area contributed by atoms with Gasteiger partial charge in [0, 0.05) is 12.0 Å². The van der Waals surface area contributed by atoms with Gasteiger partial charge in [-0.2, -0.15) is 0 Å². The molecule has 2 rings (SSSR count). The molecule has 0 bridgehead atoms. The van der Waals surface area contributed by atoms with Gasteiger partial charge in [-0.1, -0.05) is 18.2 Å². The van der Waals surface area contributed by atoms with Gasteiger partial charge in [-0.05, 0) is 48.7 Å². The van der Waals surface area contributed by atoms with Crippen molar-refractivity contribution < 1.29 is 18.4 Å². The molecule has 2 amide bonds. The molecule has 2 aromatic carbocycles. The lowest BCUT2D eigenvalue weighted by Crippen LogP contribution is -2.45. The van der Waals surface area contributed by atoms with Crippen LogP contribution in [0, 0.1) is 25.5 Å². The van der Waals surface area contributed by atoms with Crippen molar-refractivity contribution in [3.8, 4) is 0 Å². The molecule has 0 radical (unpaired) electrons. The van der Waals surface area contributed by atoms with E-state index in [2.05, 4.69) is 5.32 Å². The first-order valence-corrected chi connectivity index (χ1v) is 7.39. The summed E-state index contributed by atoms with van der Waals surface area (Å²) in [6, 6.07) is 7.50. The number of primary amides is 1. The molecule has 24 heavy (non-hydrogen) atoms. The molecule has 0 fully saturated rings. The van der Waals surface area contributed by atoms with E-state index in [1.807, 2.05) is 32.0 Å². The minimum Gasteiger partial charge on any atom is -0.368 e. The number of amides is 2. The average molecular weight is 332 g/mol. The molecule has 0 saturated heterocycles. The quantitative estimate of drug-likeness (QED) is 0.882. The summed E-state index contributed by atoms with van der Waals surface area (Å²) in [5.74, 6) is -3.58. The molecule has 6 heteroatoms. The monoisotopic (exact) mass is 332 g/mol. The second-order valence-corrected chi connectivity index (χ2v) is 5.68. The van der Waals surface area contributed by atoms with Crippen molar-refractivity contribution in [1.82, 2.24) is 5.32 Å². The molecule has 0 saturated carbocycles. The maximum absolute atomic E-state index is 13.2. The van der Waals surface area contributed by atoms with E-state index >= 15 is 0 Å². The highest BCUT2D eigenvalue weighted by molar-refractivity contribution is 5.97. The first-order valence-electron chi connectivity index (χ1n) is 7.39. The van der Waals surface area contributed by atoms with E-state index in [1.165, 1.54) is 0 Å². The predicted molar refractivity (Wildman–Crippen MR) is 86.4 cm³/mol. The maximum atomic E-state index is 13.2. The van der Waals surface area contributed by atoms with Crippen molar-refractivity contribution in [2.45, 2.75) is 26.3 Å². The van der Waals surface area contributed by atoms with Crippen LogP contribution >= 0.6 is 0 Å². The van der Waals surface area contributed by atoms with Crippen molar-refractivity contribution in [2.24, 2.45) is 5.73 Å². The Morgan fingerprint density at radius 3 is 2.33 bits per heavy atom. The van der Waals surface area contributed by atoms with E-state index in [0.717, 1.165) is 34.9 Å². The van der Waals surface area contributed by atoms with Gasteiger partial charge in [0.15, 0.2) is 11.6 Å². The highest BCUT2D eigenvalue weighted by Crippen LogP contribution is 2.13. The zero-order valence-corrected chi connectivity index (χ0v) is 13.4. The largest absolute Gasteiger partial charge is 0.368 e. The fourth-order valence-electron chi connectivity index (χ4n) is 2.27. The number of rotatable bonds is 5. The smallest absolute Gasteiger partial charge is 0.252 e. The van der Waals surface area contributed by atoms with Gasteiger partial charge in [-0.15, -0.1) is 0 Å². The number of aryl methyl sites for hydroxylation is 2. The van der Waals surface area contributed by atoms with Crippen LogP contribution in [0.4, 0.5) is 8.78 Å². The van der Waals surface area contributed by atoms with E-state index in [4.69, 9.17) is 5.73 Å². The molecular weight excluding hydrogens is 314 g/mol. The van der Waals surface area contributed by atoms with E-state index in [9.17, 15) is 18.4 Å². The lowest BCUT2D eigenvalue weighted by Gasteiger charge is -2.16. The van der Waals surface area contributed by atoms with Gasteiger partial charge in [-0.25, -0.2) is 8.78 Å². The van der Waals surface area contributed by atoms with Gasteiger partial charge in [0.05, 0.1) is 0 Å². The van der Waals surface area contributed by atoms with Crippen molar-refractivity contribution in [3.05, 3.63) is 70.3 Å². The SMILES string of the molecule is Cc1ccc(C[C@H](NC(=O)c2ccc(F)c(F)c2)C(N)=O)cc1C. The first-order chi connectivity index (χ1) is 11.3. The zero-order chi connectivity index (χ0) is 17.9. The Balaban J connectivity index is 2.15. The van der Waals surface area contributed by atoms with Gasteiger partial charge in [-0.3, -0.25) is 9.59 Å². The van der Waals surface area contributed by atoms with Gasteiger partial charge in [0.25, 0.3) is 5.91 Å². The second kappa shape index (κ2) is 7.21. The normalized spacial score (nSPS) is 11.8. The maximum Gasteiger partial charge on any atom is 0.252 e. The van der Waals surface area contributed by atoms with Crippen molar-refractivity contribution in [3.63, 3.8) is 0 Å². The average Bonchev–Trinajstić information content (AvgIpc) is 2.52. The molecular formula is C18H18F2N2O2. The summed E-state index contributed by atoms with van der Waals surface area (Å²) >= 11 is 0. The minimum absolute atomic E-state index is 0.0831. The Labute approximate surface area is 138 Å². The van der Waals surface area contributed by atoms with Crippen molar-refractivity contribution >= 4 is 11.8 Å². The molecule has 4 nitrogen and oxygen atoms in total.